The molecule has 2 rings (SSSR count). The van der Waals surface area contributed by atoms with E-state index in [1.807, 2.05) is 39.0 Å². The van der Waals surface area contributed by atoms with E-state index >= 15 is 0 Å². The van der Waals surface area contributed by atoms with E-state index in [1.165, 1.54) is 4.90 Å². The highest BCUT2D eigenvalue weighted by Gasteiger charge is 2.43. The fourth-order valence-corrected chi connectivity index (χ4v) is 2.33. The SMILES string of the molecule is CC(C)(C)N(C(=O)O)[C@@H](Cc1ccccn1)C1CO1. The van der Waals surface area contributed by atoms with Gasteiger partial charge in [0.1, 0.15) is 6.10 Å². The summed E-state index contributed by atoms with van der Waals surface area (Å²) in [5, 5.41) is 9.48. The van der Waals surface area contributed by atoms with Gasteiger partial charge in [-0.2, -0.15) is 0 Å². The summed E-state index contributed by atoms with van der Waals surface area (Å²) in [6.45, 7) is 6.32. The molecule has 1 fully saturated rings. The van der Waals surface area contributed by atoms with Crippen molar-refractivity contribution in [2.24, 2.45) is 0 Å². The summed E-state index contributed by atoms with van der Waals surface area (Å²) < 4.78 is 5.34. The van der Waals surface area contributed by atoms with Gasteiger partial charge < -0.3 is 9.84 Å². The smallest absolute Gasteiger partial charge is 0.408 e. The van der Waals surface area contributed by atoms with Gasteiger partial charge in [-0.1, -0.05) is 6.07 Å². The van der Waals surface area contributed by atoms with E-state index < -0.39 is 11.6 Å². The van der Waals surface area contributed by atoms with Gasteiger partial charge >= 0.3 is 6.09 Å². The van der Waals surface area contributed by atoms with Crippen LogP contribution in [0.4, 0.5) is 4.79 Å². The quantitative estimate of drug-likeness (QED) is 0.846. The van der Waals surface area contributed by atoms with Crippen molar-refractivity contribution in [2.45, 2.75) is 44.9 Å². The zero-order valence-electron chi connectivity index (χ0n) is 11.5. The predicted octanol–water partition coefficient (Wildman–Crippen LogP) is 2.17. The highest BCUT2D eigenvalue weighted by atomic mass is 16.6. The Labute approximate surface area is 113 Å². The van der Waals surface area contributed by atoms with Gasteiger partial charge in [0.25, 0.3) is 0 Å². The molecule has 0 aromatic carbocycles. The first-order valence-corrected chi connectivity index (χ1v) is 6.43. The number of ether oxygens (including phenoxy) is 1. The number of hydrogen-bond donors (Lipinski definition) is 1. The van der Waals surface area contributed by atoms with Crippen molar-refractivity contribution in [3.63, 3.8) is 0 Å². The number of pyridine rings is 1. The molecule has 5 nitrogen and oxygen atoms in total. The molecular weight excluding hydrogens is 244 g/mol. The number of rotatable bonds is 4. The zero-order valence-corrected chi connectivity index (χ0v) is 11.5. The van der Waals surface area contributed by atoms with Crippen LogP contribution in [-0.2, 0) is 11.2 Å². The van der Waals surface area contributed by atoms with Gasteiger partial charge in [0.15, 0.2) is 0 Å². The molecule has 104 valence electrons. The van der Waals surface area contributed by atoms with Crippen molar-refractivity contribution in [1.82, 2.24) is 9.88 Å². The molecule has 5 heteroatoms. The molecule has 1 unspecified atom stereocenters. The van der Waals surface area contributed by atoms with Crippen molar-refractivity contribution in [2.75, 3.05) is 6.61 Å². The van der Waals surface area contributed by atoms with Crippen LogP contribution in [0.1, 0.15) is 26.5 Å². The van der Waals surface area contributed by atoms with Crippen molar-refractivity contribution < 1.29 is 14.6 Å². The highest BCUT2D eigenvalue weighted by molar-refractivity contribution is 5.66. The Balaban J connectivity index is 2.21. The Bertz CT molecular complexity index is 438. The molecule has 0 radical (unpaired) electrons. The van der Waals surface area contributed by atoms with E-state index in [4.69, 9.17) is 4.74 Å². The first-order chi connectivity index (χ1) is 8.89. The van der Waals surface area contributed by atoms with E-state index in [1.54, 1.807) is 6.20 Å². The maximum absolute atomic E-state index is 11.6. The lowest BCUT2D eigenvalue weighted by Gasteiger charge is -2.39. The molecule has 2 atom stereocenters. The van der Waals surface area contributed by atoms with Gasteiger partial charge in [0, 0.05) is 23.9 Å². The number of epoxide rings is 1. The molecule has 0 bridgehead atoms. The lowest BCUT2D eigenvalue weighted by Crippen LogP contribution is -2.54. The lowest BCUT2D eigenvalue weighted by molar-refractivity contribution is 0.0591. The third kappa shape index (κ3) is 3.44. The van der Waals surface area contributed by atoms with Crippen molar-refractivity contribution in [1.29, 1.82) is 0 Å². The topological polar surface area (TPSA) is 66.0 Å². The minimum atomic E-state index is -0.913. The maximum atomic E-state index is 11.6. The highest BCUT2D eigenvalue weighted by Crippen LogP contribution is 2.28. The van der Waals surface area contributed by atoms with E-state index in [2.05, 4.69) is 4.98 Å². The standard InChI is InChI=1S/C14H20N2O3/c1-14(2,3)16(13(17)18)11(12-9-19-12)8-10-6-4-5-7-15-10/h4-7,11-12H,8-9H2,1-3H3,(H,17,18)/t11-,12?/m0/s1. The predicted molar refractivity (Wildman–Crippen MR) is 71.1 cm³/mol. The third-order valence-corrected chi connectivity index (χ3v) is 3.19. The molecule has 19 heavy (non-hydrogen) atoms. The van der Waals surface area contributed by atoms with Crippen molar-refractivity contribution >= 4 is 6.09 Å². The van der Waals surface area contributed by atoms with Gasteiger partial charge in [-0.3, -0.25) is 9.88 Å². The van der Waals surface area contributed by atoms with Crippen LogP contribution in [0.2, 0.25) is 0 Å². The summed E-state index contributed by atoms with van der Waals surface area (Å²) in [6.07, 6.45) is 1.37. The molecule has 0 saturated carbocycles. The molecule has 1 aromatic heterocycles. The average molecular weight is 264 g/mol. The van der Waals surface area contributed by atoms with E-state index in [0.717, 1.165) is 5.69 Å². The zero-order chi connectivity index (χ0) is 14.0. The summed E-state index contributed by atoms with van der Waals surface area (Å²) in [4.78, 5) is 17.3. The monoisotopic (exact) mass is 264 g/mol. The Morgan fingerprint density at radius 2 is 2.26 bits per heavy atom. The molecule has 0 aliphatic carbocycles. The second kappa shape index (κ2) is 5.17. The molecule has 1 aliphatic heterocycles. The number of nitrogens with zero attached hydrogens (tertiary/aromatic N) is 2. The van der Waals surface area contributed by atoms with E-state index in [-0.39, 0.29) is 12.1 Å². The Kier molecular flexibility index (Phi) is 3.75. The van der Waals surface area contributed by atoms with Crippen LogP contribution in [0.15, 0.2) is 24.4 Å². The van der Waals surface area contributed by atoms with Gasteiger partial charge in [-0.15, -0.1) is 0 Å². The molecule has 1 aliphatic rings. The fourth-order valence-electron chi connectivity index (χ4n) is 2.33. The number of hydrogen-bond acceptors (Lipinski definition) is 3. The molecule has 1 N–H and O–H groups in total. The molecular formula is C14H20N2O3. The van der Waals surface area contributed by atoms with Crippen molar-refractivity contribution in [3.8, 4) is 0 Å². The Hall–Kier alpha value is -1.62. The van der Waals surface area contributed by atoms with Gasteiger partial charge in [0.05, 0.1) is 12.6 Å². The summed E-state index contributed by atoms with van der Waals surface area (Å²) in [6, 6.07) is 5.49. The van der Waals surface area contributed by atoms with Crippen LogP contribution in [0.3, 0.4) is 0 Å². The number of carboxylic acid groups (broad SMARTS) is 1. The fraction of sp³-hybridized carbons (Fsp3) is 0.571. The second-order valence-corrected chi connectivity index (χ2v) is 5.79. The summed E-state index contributed by atoms with van der Waals surface area (Å²) in [7, 11) is 0. The van der Waals surface area contributed by atoms with Crippen LogP contribution in [0.5, 0.6) is 0 Å². The molecule has 0 spiro atoms. The Morgan fingerprint density at radius 1 is 1.58 bits per heavy atom. The van der Waals surface area contributed by atoms with Crippen LogP contribution in [0, 0.1) is 0 Å². The second-order valence-electron chi connectivity index (χ2n) is 5.79. The first-order valence-electron chi connectivity index (χ1n) is 6.43. The average Bonchev–Trinajstić information content (AvgIpc) is 3.10. The van der Waals surface area contributed by atoms with Crippen molar-refractivity contribution in [3.05, 3.63) is 30.1 Å². The van der Waals surface area contributed by atoms with Crippen LogP contribution >= 0.6 is 0 Å². The largest absolute Gasteiger partial charge is 0.465 e. The molecule has 1 amide bonds. The maximum Gasteiger partial charge on any atom is 0.408 e. The molecule has 2 heterocycles. The minimum Gasteiger partial charge on any atom is -0.465 e. The lowest BCUT2D eigenvalue weighted by atomic mass is 9.98. The summed E-state index contributed by atoms with van der Waals surface area (Å²) in [5.41, 5.74) is 0.426. The van der Waals surface area contributed by atoms with Gasteiger partial charge in [0.2, 0.25) is 0 Å². The van der Waals surface area contributed by atoms with Crippen LogP contribution < -0.4 is 0 Å². The first kappa shape index (κ1) is 13.8. The number of carbonyl (C=O) groups is 1. The van der Waals surface area contributed by atoms with E-state index in [9.17, 15) is 9.90 Å². The number of amides is 1. The molecule has 1 saturated heterocycles. The normalized spacial score (nSPS) is 19.8. The van der Waals surface area contributed by atoms with Crippen LogP contribution in [0.25, 0.3) is 0 Å². The number of aromatic nitrogens is 1. The Morgan fingerprint density at radius 3 is 2.68 bits per heavy atom. The van der Waals surface area contributed by atoms with E-state index in [0.29, 0.717) is 13.0 Å². The molecule has 1 aromatic rings. The summed E-state index contributed by atoms with van der Waals surface area (Å²) >= 11 is 0. The van der Waals surface area contributed by atoms with Crippen LogP contribution in [-0.4, -0.2) is 45.4 Å². The van der Waals surface area contributed by atoms with Gasteiger partial charge in [-0.25, -0.2) is 4.79 Å². The summed E-state index contributed by atoms with van der Waals surface area (Å²) in [5.74, 6) is 0. The van der Waals surface area contributed by atoms with Gasteiger partial charge in [-0.05, 0) is 32.9 Å². The minimum absolute atomic E-state index is 0.0164. The third-order valence-electron chi connectivity index (χ3n) is 3.19.